The summed E-state index contributed by atoms with van der Waals surface area (Å²) in [5, 5.41) is 4.21. The zero-order valence-electron chi connectivity index (χ0n) is 19.0. The lowest BCUT2D eigenvalue weighted by atomic mass is 10.0. The van der Waals surface area contributed by atoms with Gasteiger partial charge < -0.3 is 20.2 Å². The third kappa shape index (κ3) is 4.74. The molecule has 0 saturated heterocycles. The molecule has 5 aromatic rings. The van der Waals surface area contributed by atoms with Crippen molar-refractivity contribution in [3.8, 4) is 17.2 Å². The molecule has 0 radical (unpaired) electrons. The number of benzene rings is 2. The lowest BCUT2D eigenvalue weighted by Crippen LogP contribution is -2.27. The van der Waals surface area contributed by atoms with Crippen LogP contribution in [-0.2, 0) is 12.1 Å². The molecule has 34 heavy (non-hydrogen) atoms. The van der Waals surface area contributed by atoms with E-state index in [-0.39, 0.29) is 0 Å². The van der Waals surface area contributed by atoms with Crippen LogP contribution in [0.3, 0.4) is 0 Å². The van der Waals surface area contributed by atoms with Crippen molar-refractivity contribution in [1.82, 2.24) is 15.0 Å². The van der Waals surface area contributed by atoms with Gasteiger partial charge >= 0.3 is 0 Å². The molecule has 0 saturated carbocycles. The van der Waals surface area contributed by atoms with E-state index in [0.717, 1.165) is 27.9 Å². The summed E-state index contributed by atoms with van der Waals surface area (Å²) < 4.78 is 11.8. The first-order valence-corrected chi connectivity index (χ1v) is 11.0. The van der Waals surface area contributed by atoms with Crippen molar-refractivity contribution in [3.05, 3.63) is 96.6 Å². The van der Waals surface area contributed by atoms with E-state index in [1.165, 1.54) is 6.33 Å². The monoisotopic (exact) mass is 451 g/mol. The summed E-state index contributed by atoms with van der Waals surface area (Å²) in [4.78, 5) is 13.3. The zero-order chi connectivity index (χ0) is 23.5. The number of nitrogens with two attached hydrogens (primary N) is 1. The molecule has 0 aliphatic rings. The highest BCUT2D eigenvalue weighted by atomic mass is 16.5. The largest absolute Gasteiger partial charge is 0.489 e. The summed E-state index contributed by atoms with van der Waals surface area (Å²) >= 11 is 0. The molecule has 0 unspecified atom stereocenters. The van der Waals surface area contributed by atoms with Crippen molar-refractivity contribution >= 4 is 22.4 Å². The van der Waals surface area contributed by atoms with Crippen LogP contribution in [-0.4, -0.2) is 15.0 Å². The topological polar surface area (TPSA) is 99.1 Å². The summed E-state index contributed by atoms with van der Waals surface area (Å²) in [5.74, 6) is 2.81. The highest BCUT2D eigenvalue weighted by Gasteiger charge is 2.20. The summed E-state index contributed by atoms with van der Waals surface area (Å²) in [6.07, 6.45) is 3.24. The van der Waals surface area contributed by atoms with Crippen LogP contribution in [0.15, 0.2) is 89.7 Å². The summed E-state index contributed by atoms with van der Waals surface area (Å²) in [5.41, 5.74) is 9.01. The molecule has 7 heteroatoms. The van der Waals surface area contributed by atoms with E-state index < -0.39 is 5.54 Å². The zero-order valence-corrected chi connectivity index (χ0v) is 19.0. The van der Waals surface area contributed by atoms with Gasteiger partial charge in [0.25, 0.3) is 0 Å². The fourth-order valence-corrected chi connectivity index (χ4v) is 3.53. The predicted molar refractivity (Wildman–Crippen MR) is 133 cm³/mol. The van der Waals surface area contributed by atoms with Gasteiger partial charge in [-0.3, -0.25) is 4.98 Å². The van der Waals surface area contributed by atoms with E-state index in [1.807, 2.05) is 86.6 Å². The summed E-state index contributed by atoms with van der Waals surface area (Å²) in [6.45, 7) is 4.32. The number of aromatic nitrogens is 3. The number of furan rings is 1. The smallest absolute Gasteiger partial charge is 0.152 e. The molecular formula is C27H25N5O2. The molecule has 3 N–H and O–H groups in total. The van der Waals surface area contributed by atoms with E-state index in [0.29, 0.717) is 29.6 Å². The first-order chi connectivity index (χ1) is 16.5. The molecule has 3 aromatic heterocycles. The lowest BCUT2D eigenvalue weighted by molar-refractivity contribution is 0.306. The maximum atomic E-state index is 6.15. The Morgan fingerprint density at radius 1 is 0.941 bits per heavy atom. The molecule has 0 bridgehead atoms. The molecule has 0 aliphatic heterocycles. The van der Waals surface area contributed by atoms with Gasteiger partial charge in [0.2, 0.25) is 0 Å². The van der Waals surface area contributed by atoms with Crippen molar-refractivity contribution in [1.29, 1.82) is 0 Å². The van der Waals surface area contributed by atoms with Crippen molar-refractivity contribution < 1.29 is 9.15 Å². The van der Waals surface area contributed by atoms with Crippen LogP contribution in [0.2, 0.25) is 0 Å². The third-order valence-electron chi connectivity index (χ3n) is 5.38. The van der Waals surface area contributed by atoms with Crippen molar-refractivity contribution in [3.63, 3.8) is 0 Å². The lowest BCUT2D eigenvalue weighted by Gasteiger charge is -2.14. The number of pyridine rings is 1. The molecule has 0 atom stereocenters. The van der Waals surface area contributed by atoms with Gasteiger partial charge in [-0.15, -0.1) is 0 Å². The Labute approximate surface area is 197 Å². The Morgan fingerprint density at radius 3 is 2.47 bits per heavy atom. The van der Waals surface area contributed by atoms with E-state index in [9.17, 15) is 0 Å². The van der Waals surface area contributed by atoms with E-state index in [4.69, 9.17) is 14.9 Å². The standard InChI is InChI=1S/C27H25N5O2/c1-27(2,28)25-13-12-24(34-25)22-14-21-23(15-29-22)30-17-31-26(21)32-19-8-10-20(11-9-19)33-16-18-6-4-3-5-7-18/h3-15,17H,16,28H2,1-2H3,(H,30,31,32). The second-order valence-electron chi connectivity index (χ2n) is 8.62. The third-order valence-corrected chi connectivity index (χ3v) is 5.38. The minimum Gasteiger partial charge on any atom is -0.489 e. The Bertz CT molecular complexity index is 1410. The molecule has 5 rings (SSSR count). The molecule has 0 amide bonds. The van der Waals surface area contributed by atoms with Crippen LogP contribution < -0.4 is 15.8 Å². The number of ether oxygens (including phenoxy) is 1. The first kappa shape index (κ1) is 21.6. The van der Waals surface area contributed by atoms with Crippen molar-refractivity contribution in [2.45, 2.75) is 26.0 Å². The van der Waals surface area contributed by atoms with Crippen molar-refractivity contribution in [2.75, 3.05) is 5.32 Å². The van der Waals surface area contributed by atoms with Crippen molar-refractivity contribution in [2.24, 2.45) is 5.73 Å². The van der Waals surface area contributed by atoms with Crippen LogP contribution in [0.25, 0.3) is 22.4 Å². The van der Waals surface area contributed by atoms with Crippen LogP contribution >= 0.6 is 0 Å². The normalized spacial score (nSPS) is 11.5. The number of anilines is 2. The minimum absolute atomic E-state index is 0.524. The highest BCUT2D eigenvalue weighted by molar-refractivity contribution is 5.92. The number of rotatable bonds is 7. The Balaban J connectivity index is 1.36. The van der Waals surface area contributed by atoms with Crippen LogP contribution in [0.5, 0.6) is 5.75 Å². The Hall–Kier alpha value is -4.23. The predicted octanol–water partition coefficient (Wildman–Crippen LogP) is 5.80. The van der Waals surface area contributed by atoms with E-state index in [2.05, 4.69) is 20.3 Å². The summed E-state index contributed by atoms with van der Waals surface area (Å²) in [6, 6.07) is 23.5. The van der Waals surface area contributed by atoms with E-state index in [1.54, 1.807) is 6.20 Å². The number of hydrogen-bond donors (Lipinski definition) is 2. The Kier molecular flexibility index (Phi) is 5.69. The van der Waals surface area contributed by atoms with Gasteiger partial charge in [0, 0.05) is 11.1 Å². The highest BCUT2D eigenvalue weighted by Crippen LogP contribution is 2.30. The molecule has 2 aromatic carbocycles. The van der Waals surface area contributed by atoms with Gasteiger partial charge in [-0.25, -0.2) is 9.97 Å². The number of nitrogens with one attached hydrogen (secondary N) is 1. The number of nitrogens with zero attached hydrogens (tertiary/aromatic N) is 3. The second kappa shape index (κ2) is 8.96. The van der Waals surface area contributed by atoms with E-state index >= 15 is 0 Å². The van der Waals surface area contributed by atoms with Gasteiger partial charge in [-0.2, -0.15) is 0 Å². The SMILES string of the molecule is CC(C)(N)c1ccc(-c2cc3c(Nc4ccc(OCc5ccccc5)cc4)ncnc3cn2)o1. The maximum absolute atomic E-state index is 6.15. The van der Waals surface area contributed by atoms with Gasteiger partial charge in [-0.1, -0.05) is 30.3 Å². The molecule has 7 nitrogen and oxygen atoms in total. The molecular weight excluding hydrogens is 426 g/mol. The van der Waals surface area contributed by atoms with Crippen LogP contribution in [0.4, 0.5) is 11.5 Å². The fourth-order valence-electron chi connectivity index (χ4n) is 3.53. The molecule has 0 fully saturated rings. The van der Waals surface area contributed by atoms with Gasteiger partial charge in [0.15, 0.2) is 5.76 Å². The average molecular weight is 452 g/mol. The minimum atomic E-state index is -0.568. The fraction of sp³-hybridized carbons (Fsp3) is 0.148. The van der Waals surface area contributed by atoms with Crippen LogP contribution in [0.1, 0.15) is 25.2 Å². The second-order valence-corrected chi connectivity index (χ2v) is 8.62. The summed E-state index contributed by atoms with van der Waals surface area (Å²) in [7, 11) is 0. The first-order valence-electron chi connectivity index (χ1n) is 11.0. The van der Waals surface area contributed by atoms with Gasteiger partial charge in [0.1, 0.15) is 36.0 Å². The maximum Gasteiger partial charge on any atom is 0.152 e. The van der Waals surface area contributed by atoms with Crippen LogP contribution in [0, 0.1) is 0 Å². The van der Waals surface area contributed by atoms with Gasteiger partial charge in [-0.05, 0) is 61.9 Å². The average Bonchev–Trinajstić information content (AvgIpc) is 3.36. The quantitative estimate of drug-likeness (QED) is 0.322. The molecule has 3 heterocycles. The Morgan fingerprint density at radius 2 is 1.74 bits per heavy atom. The molecule has 0 aliphatic carbocycles. The van der Waals surface area contributed by atoms with Gasteiger partial charge in [0.05, 0.1) is 17.3 Å². The molecule has 170 valence electrons. The number of fused-ring (bicyclic) bond motifs is 1. The number of hydrogen-bond acceptors (Lipinski definition) is 7. The molecule has 0 spiro atoms.